The molecule has 0 spiro atoms. The molecule has 0 aliphatic carbocycles. The van der Waals surface area contributed by atoms with Crippen molar-refractivity contribution in [2.75, 3.05) is 18.0 Å². The van der Waals surface area contributed by atoms with E-state index < -0.39 is 0 Å². The first-order valence-electron chi connectivity index (χ1n) is 6.35. The van der Waals surface area contributed by atoms with Gasteiger partial charge in [0, 0.05) is 30.9 Å². The zero-order chi connectivity index (χ0) is 14.3. The molecule has 0 unspecified atom stereocenters. The van der Waals surface area contributed by atoms with Gasteiger partial charge in [0.15, 0.2) is 0 Å². The molecule has 1 aromatic rings. The second-order valence-electron chi connectivity index (χ2n) is 4.22. The van der Waals surface area contributed by atoms with Gasteiger partial charge in [-0.3, -0.25) is 9.59 Å². The summed E-state index contributed by atoms with van der Waals surface area (Å²) in [5, 5.41) is 2.80. The molecule has 0 radical (unpaired) electrons. The summed E-state index contributed by atoms with van der Waals surface area (Å²) in [5.74, 6) is -0.102. The number of hydrogen-bond donors (Lipinski definition) is 1. The molecule has 0 bridgehead atoms. The van der Waals surface area contributed by atoms with E-state index in [1.54, 1.807) is 4.90 Å². The van der Waals surface area contributed by atoms with Crippen molar-refractivity contribution in [2.45, 2.75) is 26.7 Å². The molecule has 0 saturated heterocycles. The molecule has 0 heterocycles. The van der Waals surface area contributed by atoms with Crippen molar-refractivity contribution < 1.29 is 9.59 Å². The molecule has 0 atom stereocenters. The van der Waals surface area contributed by atoms with Crippen molar-refractivity contribution in [3.63, 3.8) is 0 Å². The van der Waals surface area contributed by atoms with Crippen LogP contribution in [0.2, 0.25) is 0 Å². The predicted octanol–water partition coefficient (Wildman–Crippen LogP) is 2.72. The van der Waals surface area contributed by atoms with Crippen LogP contribution in [-0.2, 0) is 9.59 Å². The number of amides is 2. The highest BCUT2D eigenvalue weighted by molar-refractivity contribution is 9.10. The fourth-order valence-corrected chi connectivity index (χ4v) is 2.18. The van der Waals surface area contributed by atoms with Crippen LogP contribution in [0.1, 0.15) is 26.7 Å². The van der Waals surface area contributed by atoms with E-state index in [-0.39, 0.29) is 11.8 Å². The van der Waals surface area contributed by atoms with E-state index in [4.69, 9.17) is 0 Å². The minimum absolute atomic E-state index is 0.0276. The van der Waals surface area contributed by atoms with Crippen LogP contribution in [0, 0.1) is 0 Å². The van der Waals surface area contributed by atoms with Gasteiger partial charge >= 0.3 is 0 Å². The first kappa shape index (κ1) is 15.7. The third-order valence-corrected chi connectivity index (χ3v) is 3.33. The fourth-order valence-electron chi connectivity index (χ4n) is 1.68. The van der Waals surface area contributed by atoms with Gasteiger partial charge in [-0.2, -0.15) is 0 Å². The zero-order valence-corrected chi connectivity index (χ0v) is 12.9. The van der Waals surface area contributed by atoms with Crippen LogP contribution in [0.5, 0.6) is 0 Å². The van der Waals surface area contributed by atoms with Gasteiger partial charge in [-0.1, -0.05) is 19.1 Å². The number of rotatable bonds is 6. The van der Waals surface area contributed by atoms with Gasteiger partial charge in [0.25, 0.3) is 0 Å². The third kappa shape index (κ3) is 5.03. The smallest absolute Gasteiger partial charge is 0.223 e. The van der Waals surface area contributed by atoms with Gasteiger partial charge in [-0.15, -0.1) is 0 Å². The van der Waals surface area contributed by atoms with Gasteiger partial charge in [-0.25, -0.2) is 0 Å². The minimum Gasteiger partial charge on any atom is -0.356 e. The van der Waals surface area contributed by atoms with Crippen LogP contribution in [-0.4, -0.2) is 24.9 Å². The lowest BCUT2D eigenvalue weighted by Gasteiger charge is -2.22. The number of halogens is 1. The summed E-state index contributed by atoms with van der Waals surface area (Å²) >= 11 is 3.42. The highest BCUT2D eigenvalue weighted by Crippen LogP contribution is 2.25. The van der Waals surface area contributed by atoms with Crippen molar-refractivity contribution in [2.24, 2.45) is 0 Å². The molecule has 1 rings (SSSR count). The van der Waals surface area contributed by atoms with Crippen molar-refractivity contribution in [1.29, 1.82) is 0 Å². The van der Waals surface area contributed by atoms with Gasteiger partial charge in [0.1, 0.15) is 0 Å². The third-order valence-electron chi connectivity index (χ3n) is 2.66. The fraction of sp³-hybridized carbons (Fsp3) is 0.429. The van der Waals surface area contributed by atoms with E-state index in [1.165, 1.54) is 6.92 Å². The topological polar surface area (TPSA) is 49.4 Å². The van der Waals surface area contributed by atoms with Crippen LogP contribution < -0.4 is 10.2 Å². The Morgan fingerprint density at radius 2 is 2.00 bits per heavy atom. The number of carbonyl (C=O) groups is 2. The normalized spacial score (nSPS) is 10.1. The summed E-state index contributed by atoms with van der Waals surface area (Å²) in [7, 11) is 0. The predicted molar refractivity (Wildman–Crippen MR) is 80.1 cm³/mol. The number of carbonyl (C=O) groups excluding carboxylic acids is 2. The summed E-state index contributed by atoms with van der Waals surface area (Å²) < 4.78 is 0.846. The number of hydrogen-bond acceptors (Lipinski definition) is 2. The number of anilines is 1. The number of nitrogens with one attached hydrogen (secondary N) is 1. The maximum atomic E-state index is 11.7. The molecule has 2 amide bonds. The van der Waals surface area contributed by atoms with Crippen molar-refractivity contribution in [3.8, 4) is 0 Å². The molecule has 1 aromatic carbocycles. The summed E-state index contributed by atoms with van der Waals surface area (Å²) in [6.45, 7) is 4.56. The maximum Gasteiger partial charge on any atom is 0.223 e. The van der Waals surface area contributed by atoms with Crippen LogP contribution in [0.25, 0.3) is 0 Å². The lowest BCUT2D eigenvalue weighted by atomic mass is 10.2. The summed E-state index contributed by atoms with van der Waals surface area (Å²) in [5.41, 5.74) is 0.790. The Hall–Kier alpha value is -1.36. The van der Waals surface area contributed by atoms with E-state index in [9.17, 15) is 9.59 Å². The number of benzene rings is 1. The van der Waals surface area contributed by atoms with Crippen molar-refractivity contribution in [1.82, 2.24) is 5.32 Å². The van der Waals surface area contributed by atoms with Crippen molar-refractivity contribution >= 4 is 33.4 Å². The van der Waals surface area contributed by atoms with Gasteiger partial charge in [0.2, 0.25) is 11.8 Å². The summed E-state index contributed by atoms with van der Waals surface area (Å²) in [6.07, 6.45) is 1.22. The Kier molecular flexibility index (Phi) is 6.56. The molecule has 0 aliphatic rings. The maximum absolute atomic E-state index is 11.7. The lowest BCUT2D eigenvalue weighted by Crippen LogP contribution is -2.34. The molecular weight excluding hydrogens is 308 g/mol. The first-order chi connectivity index (χ1) is 9.06. The zero-order valence-electron chi connectivity index (χ0n) is 11.3. The second kappa shape index (κ2) is 7.94. The number of nitrogens with zero attached hydrogens (tertiary/aromatic N) is 1. The van der Waals surface area contributed by atoms with Crippen molar-refractivity contribution in [3.05, 3.63) is 28.7 Å². The highest BCUT2D eigenvalue weighted by atomic mass is 79.9. The highest BCUT2D eigenvalue weighted by Gasteiger charge is 2.15. The Labute approximate surface area is 122 Å². The van der Waals surface area contributed by atoms with E-state index in [0.717, 1.165) is 16.6 Å². The van der Waals surface area contributed by atoms with E-state index in [2.05, 4.69) is 21.2 Å². The lowest BCUT2D eigenvalue weighted by molar-refractivity contribution is -0.121. The average Bonchev–Trinajstić information content (AvgIpc) is 2.38. The number of para-hydroxylation sites is 1. The molecule has 104 valence electrons. The minimum atomic E-state index is -0.0739. The second-order valence-corrected chi connectivity index (χ2v) is 5.08. The molecule has 0 fully saturated rings. The summed E-state index contributed by atoms with van der Waals surface area (Å²) in [4.78, 5) is 24.9. The largest absolute Gasteiger partial charge is 0.356 e. The van der Waals surface area contributed by atoms with E-state index in [0.29, 0.717) is 19.5 Å². The molecule has 4 nitrogen and oxygen atoms in total. The van der Waals surface area contributed by atoms with Gasteiger partial charge in [-0.05, 0) is 34.5 Å². The summed E-state index contributed by atoms with van der Waals surface area (Å²) in [6, 6.07) is 7.49. The molecule has 0 aromatic heterocycles. The molecule has 1 N–H and O–H groups in total. The first-order valence-corrected chi connectivity index (χ1v) is 7.15. The van der Waals surface area contributed by atoms with Crippen LogP contribution >= 0.6 is 15.9 Å². The van der Waals surface area contributed by atoms with Crippen LogP contribution in [0.15, 0.2) is 28.7 Å². The molecule has 5 heteroatoms. The Morgan fingerprint density at radius 3 is 2.58 bits per heavy atom. The quantitative estimate of drug-likeness (QED) is 0.873. The molecular formula is C14H19BrN2O2. The molecule has 0 saturated carbocycles. The van der Waals surface area contributed by atoms with Crippen LogP contribution in [0.3, 0.4) is 0 Å². The Balaban J connectivity index is 2.67. The molecule has 19 heavy (non-hydrogen) atoms. The van der Waals surface area contributed by atoms with Gasteiger partial charge < -0.3 is 10.2 Å². The Morgan fingerprint density at radius 1 is 1.32 bits per heavy atom. The van der Waals surface area contributed by atoms with E-state index >= 15 is 0 Å². The van der Waals surface area contributed by atoms with Crippen LogP contribution in [0.4, 0.5) is 5.69 Å². The standard InChI is InChI=1S/C14H19BrN2O2/c1-3-9-16-14(19)8-10-17(11(2)18)13-7-5-4-6-12(13)15/h4-7H,3,8-10H2,1-2H3,(H,16,19). The average molecular weight is 327 g/mol. The van der Waals surface area contributed by atoms with E-state index in [1.807, 2.05) is 31.2 Å². The van der Waals surface area contributed by atoms with Gasteiger partial charge in [0.05, 0.1) is 5.69 Å². The monoisotopic (exact) mass is 326 g/mol. The molecule has 0 aliphatic heterocycles. The Bertz CT molecular complexity index is 449. The SMILES string of the molecule is CCCNC(=O)CCN(C(C)=O)c1ccccc1Br.